The predicted octanol–water partition coefficient (Wildman–Crippen LogP) is 6.12. The predicted molar refractivity (Wildman–Crippen MR) is 183 cm³/mol. The fourth-order valence-corrected chi connectivity index (χ4v) is 6.34. The maximum atomic E-state index is 13.6. The van der Waals surface area contributed by atoms with E-state index in [9.17, 15) is 45.8 Å². The number of thioether (sulfide) groups is 1. The molecule has 1 amide bonds. The summed E-state index contributed by atoms with van der Waals surface area (Å²) in [6, 6.07) is 8.83. The Morgan fingerprint density at radius 3 is 2.23 bits per heavy atom. The number of methoxy groups -OCH3 is 1. The number of alkyl halides is 6. The SMILES string of the molecule is COc1cc(C(=O)O)ccc1OC(=O)CNN1C(=O)/C(=C/c2cc(-c3cc(C(F)(F)F)cc(C(F)(F)F)c3)ccc2OCCN2CCOCC2)SC1=S. The topological polar surface area (TPSA) is 127 Å². The maximum Gasteiger partial charge on any atom is 0.416 e. The fraction of sp³-hybridized carbons (Fsp3) is 0.294. The van der Waals surface area contributed by atoms with Crippen LogP contribution in [0.15, 0.2) is 59.5 Å². The third kappa shape index (κ3) is 10.0. The van der Waals surface area contributed by atoms with Crippen LogP contribution in [0.4, 0.5) is 26.3 Å². The lowest BCUT2D eigenvalue weighted by Gasteiger charge is -2.26. The fourth-order valence-electron chi connectivity index (χ4n) is 5.14. The van der Waals surface area contributed by atoms with Crippen molar-refractivity contribution in [2.24, 2.45) is 0 Å². The van der Waals surface area contributed by atoms with Crippen LogP contribution in [0.25, 0.3) is 17.2 Å². The molecule has 3 aromatic carbocycles. The van der Waals surface area contributed by atoms with Gasteiger partial charge >= 0.3 is 24.3 Å². The van der Waals surface area contributed by atoms with Crippen LogP contribution < -0.4 is 19.6 Å². The molecule has 2 heterocycles. The summed E-state index contributed by atoms with van der Waals surface area (Å²) in [4.78, 5) is 39.4. The van der Waals surface area contributed by atoms with E-state index in [4.69, 9.17) is 31.2 Å². The normalized spacial score (nSPS) is 16.3. The number of esters is 1. The molecule has 282 valence electrons. The Labute approximate surface area is 307 Å². The van der Waals surface area contributed by atoms with Crippen molar-refractivity contribution >= 4 is 52.2 Å². The van der Waals surface area contributed by atoms with Gasteiger partial charge in [-0.25, -0.2) is 15.2 Å². The Bertz CT molecular complexity index is 1900. The van der Waals surface area contributed by atoms with Gasteiger partial charge in [-0.2, -0.15) is 26.3 Å². The molecule has 2 aliphatic rings. The molecule has 0 saturated carbocycles. The van der Waals surface area contributed by atoms with Gasteiger partial charge in [-0.3, -0.25) is 14.5 Å². The van der Waals surface area contributed by atoms with Crippen molar-refractivity contribution < 1.29 is 64.8 Å². The molecule has 0 spiro atoms. The van der Waals surface area contributed by atoms with Crippen LogP contribution in [0.3, 0.4) is 0 Å². The van der Waals surface area contributed by atoms with Crippen molar-refractivity contribution in [3.8, 4) is 28.4 Å². The summed E-state index contributed by atoms with van der Waals surface area (Å²) >= 11 is 6.14. The van der Waals surface area contributed by atoms with E-state index in [1.165, 1.54) is 43.5 Å². The van der Waals surface area contributed by atoms with Gasteiger partial charge in [0.05, 0.1) is 41.9 Å². The minimum absolute atomic E-state index is 0.00278. The number of carbonyl (C=O) groups is 3. The van der Waals surface area contributed by atoms with Gasteiger partial charge in [0.1, 0.15) is 18.9 Å². The first kappa shape index (κ1) is 39.5. The summed E-state index contributed by atoms with van der Waals surface area (Å²) in [6.07, 6.45) is -8.79. The number of benzene rings is 3. The van der Waals surface area contributed by atoms with Gasteiger partial charge < -0.3 is 24.1 Å². The number of carbonyl (C=O) groups excluding carboxylic acids is 2. The van der Waals surface area contributed by atoms with E-state index in [1.807, 2.05) is 0 Å². The number of amides is 1. The summed E-state index contributed by atoms with van der Waals surface area (Å²) in [7, 11) is 1.25. The lowest BCUT2D eigenvalue weighted by molar-refractivity contribution is -0.143. The van der Waals surface area contributed by atoms with Gasteiger partial charge in [-0.1, -0.05) is 30.0 Å². The minimum atomic E-state index is -5.06. The molecule has 11 nitrogen and oxygen atoms in total. The molecule has 0 unspecified atom stereocenters. The van der Waals surface area contributed by atoms with Gasteiger partial charge in [0.15, 0.2) is 15.8 Å². The van der Waals surface area contributed by atoms with Crippen LogP contribution in [-0.2, 0) is 26.7 Å². The largest absolute Gasteiger partial charge is 0.493 e. The molecule has 2 saturated heterocycles. The number of thiocarbonyl (C=S) groups is 1. The Morgan fingerprint density at radius 1 is 0.943 bits per heavy atom. The summed E-state index contributed by atoms with van der Waals surface area (Å²) in [6.45, 7) is 2.49. The molecule has 2 fully saturated rings. The van der Waals surface area contributed by atoms with Gasteiger partial charge in [0.2, 0.25) is 0 Å². The van der Waals surface area contributed by atoms with Gasteiger partial charge in [0, 0.05) is 25.2 Å². The van der Waals surface area contributed by atoms with E-state index in [2.05, 4.69) is 10.3 Å². The molecule has 0 aliphatic carbocycles. The molecule has 19 heteroatoms. The van der Waals surface area contributed by atoms with Crippen LogP contribution in [0.1, 0.15) is 27.0 Å². The second kappa shape index (κ2) is 16.5. The minimum Gasteiger partial charge on any atom is -0.493 e. The summed E-state index contributed by atoms with van der Waals surface area (Å²) < 4.78 is 104. The highest BCUT2D eigenvalue weighted by Gasteiger charge is 2.37. The highest BCUT2D eigenvalue weighted by molar-refractivity contribution is 8.26. The zero-order valence-electron chi connectivity index (χ0n) is 27.5. The van der Waals surface area contributed by atoms with Crippen LogP contribution in [0.2, 0.25) is 0 Å². The molecular weight excluding hydrogens is 757 g/mol. The number of carboxylic acid groups (broad SMARTS) is 1. The zero-order chi connectivity index (χ0) is 38.5. The first-order valence-electron chi connectivity index (χ1n) is 15.5. The van der Waals surface area contributed by atoms with Crippen molar-refractivity contribution in [1.82, 2.24) is 15.3 Å². The highest BCUT2D eigenvalue weighted by atomic mass is 32.2. The summed E-state index contributed by atoms with van der Waals surface area (Å²) in [5.41, 5.74) is -0.760. The van der Waals surface area contributed by atoms with E-state index in [0.717, 1.165) is 22.8 Å². The molecule has 2 aliphatic heterocycles. The Hall–Kier alpha value is -4.69. The number of nitrogens with one attached hydrogen (secondary N) is 1. The molecule has 0 aromatic heterocycles. The number of rotatable bonds is 12. The second-order valence-electron chi connectivity index (χ2n) is 11.3. The van der Waals surface area contributed by atoms with Crippen LogP contribution in [0.5, 0.6) is 17.2 Å². The Kier molecular flexibility index (Phi) is 12.3. The maximum absolute atomic E-state index is 13.6. The molecular formula is C34H29F6N3O8S2. The summed E-state index contributed by atoms with van der Waals surface area (Å²) in [5, 5.41) is 10.1. The molecule has 0 atom stereocenters. The number of carboxylic acids is 1. The van der Waals surface area contributed by atoms with Gasteiger partial charge in [0.25, 0.3) is 5.91 Å². The summed E-state index contributed by atoms with van der Waals surface area (Å²) in [5.74, 6) is -2.77. The van der Waals surface area contributed by atoms with Crippen molar-refractivity contribution in [3.05, 3.63) is 81.8 Å². The standard InChI is InChI=1S/C34H29F6N3O8S2/c1-48-27-15-20(31(46)47)3-5-26(27)51-29(44)18-41-43-30(45)28(53-32(43)52)16-22-12-19(2-4-25(22)50-11-8-42-6-9-49-10-7-42)21-13-23(33(35,36)37)17-24(14-21)34(38,39)40/h2-5,12-17,41H,6-11,18H2,1H3,(H,46,47)/b28-16-. The number of nitrogens with zero attached hydrogens (tertiary/aromatic N) is 2. The second-order valence-corrected chi connectivity index (χ2v) is 13.0. The van der Waals surface area contributed by atoms with Crippen molar-refractivity contribution in [2.45, 2.75) is 12.4 Å². The molecule has 5 rings (SSSR count). The van der Waals surface area contributed by atoms with E-state index >= 15 is 0 Å². The van der Waals surface area contributed by atoms with E-state index in [0.29, 0.717) is 45.0 Å². The van der Waals surface area contributed by atoms with Gasteiger partial charge in [-0.15, -0.1) is 0 Å². The Morgan fingerprint density at radius 2 is 1.60 bits per heavy atom. The van der Waals surface area contributed by atoms with Crippen molar-refractivity contribution in [3.63, 3.8) is 0 Å². The van der Waals surface area contributed by atoms with Crippen LogP contribution in [-0.4, -0.2) is 90.3 Å². The molecule has 0 radical (unpaired) electrons. The number of aromatic carboxylic acids is 1. The van der Waals surface area contributed by atoms with Crippen LogP contribution in [0, 0.1) is 0 Å². The van der Waals surface area contributed by atoms with Gasteiger partial charge in [-0.05, 0) is 65.7 Å². The Balaban J connectivity index is 1.39. The zero-order valence-corrected chi connectivity index (χ0v) is 29.1. The third-order valence-corrected chi connectivity index (χ3v) is 9.10. The lowest BCUT2D eigenvalue weighted by atomic mass is 9.97. The molecule has 2 N–H and O–H groups in total. The quantitative estimate of drug-likeness (QED) is 0.0723. The number of ether oxygens (including phenoxy) is 4. The molecule has 3 aromatic rings. The van der Waals surface area contributed by atoms with Crippen molar-refractivity contribution in [2.75, 3.05) is 53.1 Å². The van der Waals surface area contributed by atoms with Crippen LogP contribution >= 0.6 is 24.0 Å². The average Bonchev–Trinajstić information content (AvgIpc) is 3.38. The van der Waals surface area contributed by atoms with Crippen molar-refractivity contribution in [1.29, 1.82) is 0 Å². The number of halogens is 6. The average molecular weight is 786 g/mol. The molecule has 53 heavy (non-hydrogen) atoms. The monoisotopic (exact) mass is 785 g/mol. The van der Waals surface area contributed by atoms with E-state index < -0.39 is 47.9 Å². The third-order valence-electron chi connectivity index (χ3n) is 7.80. The first-order valence-corrected chi connectivity index (χ1v) is 16.8. The number of morpholine rings is 1. The smallest absolute Gasteiger partial charge is 0.416 e. The lowest BCUT2D eigenvalue weighted by Crippen LogP contribution is -2.44. The highest BCUT2D eigenvalue weighted by Crippen LogP contribution is 2.40. The van der Waals surface area contributed by atoms with E-state index in [1.54, 1.807) is 0 Å². The van der Waals surface area contributed by atoms with E-state index in [-0.39, 0.29) is 61.4 Å². The number of hydrazine groups is 1. The molecule has 0 bridgehead atoms. The number of hydrogen-bond donors (Lipinski definition) is 2. The first-order chi connectivity index (χ1) is 25.0. The number of hydrogen-bond acceptors (Lipinski definition) is 11.